The summed E-state index contributed by atoms with van der Waals surface area (Å²) in [4.78, 5) is 0.152. The van der Waals surface area contributed by atoms with E-state index in [2.05, 4.69) is 0 Å². The van der Waals surface area contributed by atoms with Crippen molar-refractivity contribution in [3.8, 4) is 5.75 Å². The predicted octanol–water partition coefficient (Wildman–Crippen LogP) is -0.429. The summed E-state index contributed by atoms with van der Waals surface area (Å²) < 4.78 is 28.5. The van der Waals surface area contributed by atoms with Crippen molar-refractivity contribution in [2.45, 2.75) is 4.90 Å². The van der Waals surface area contributed by atoms with E-state index in [1.54, 1.807) is 48.5 Å². The molecule has 84 valence electrons. The zero-order valence-corrected chi connectivity index (χ0v) is 13.3. The molecule has 2 rings (SSSR count). The fourth-order valence-electron chi connectivity index (χ4n) is 1.24. The van der Waals surface area contributed by atoms with Crippen molar-refractivity contribution >= 4 is 10.1 Å². The van der Waals surface area contributed by atoms with E-state index in [0.717, 1.165) is 0 Å². The molecule has 0 aliphatic heterocycles. The zero-order chi connectivity index (χ0) is 11.4. The van der Waals surface area contributed by atoms with E-state index < -0.39 is 10.1 Å². The molecule has 0 aliphatic rings. The summed E-state index contributed by atoms with van der Waals surface area (Å²) in [5, 5.41) is 0. The van der Waals surface area contributed by atoms with Gasteiger partial charge in [0.1, 0.15) is 10.6 Å². The van der Waals surface area contributed by atoms with Gasteiger partial charge in [0.05, 0.1) is 0 Å². The van der Waals surface area contributed by atoms with Gasteiger partial charge in [-0.05, 0) is 24.3 Å². The first kappa shape index (κ1) is 14.9. The Morgan fingerprint density at radius 1 is 0.824 bits per heavy atom. The van der Waals surface area contributed by atoms with E-state index >= 15 is 0 Å². The summed E-state index contributed by atoms with van der Waals surface area (Å²) in [6.45, 7) is 0. The van der Waals surface area contributed by atoms with E-state index in [4.69, 9.17) is 4.18 Å². The molecule has 0 spiro atoms. The molecule has 0 N–H and O–H groups in total. The van der Waals surface area contributed by atoms with Crippen molar-refractivity contribution in [1.82, 2.24) is 0 Å². The topological polar surface area (TPSA) is 43.4 Å². The van der Waals surface area contributed by atoms with Gasteiger partial charge >= 0.3 is 61.5 Å². The first-order chi connectivity index (χ1) is 7.68. The minimum absolute atomic E-state index is 0. The summed E-state index contributed by atoms with van der Waals surface area (Å²) >= 11 is 0. The van der Waals surface area contributed by atoms with Gasteiger partial charge in [-0.2, -0.15) is 8.42 Å². The van der Waals surface area contributed by atoms with Crippen molar-refractivity contribution < 1.29 is 65.4 Å². The minimum atomic E-state index is -3.71. The van der Waals surface area contributed by atoms with Crippen molar-refractivity contribution in [1.29, 1.82) is 0 Å². The molecule has 0 aliphatic carbocycles. The van der Waals surface area contributed by atoms with E-state index in [1.807, 2.05) is 0 Å². The Morgan fingerprint density at radius 2 is 1.29 bits per heavy atom. The first-order valence-electron chi connectivity index (χ1n) is 4.73. The zero-order valence-electron chi connectivity index (χ0n) is 10.4. The van der Waals surface area contributed by atoms with Gasteiger partial charge in [-0.1, -0.05) is 36.4 Å². The molecule has 0 amide bonds. The molecule has 0 unspecified atom stereocenters. The molecule has 0 saturated carbocycles. The second kappa shape index (κ2) is 6.68. The minimum Gasteiger partial charge on any atom is -1.00 e. The molecule has 0 radical (unpaired) electrons. The van der Waals surface area contributed by atoms with Crippen LogP contribution in [0.5, 0.6) is 5.75 Å². The molecule has 3 nitrogen and oxygen atoms in total. The summed E-state index contributed by atoms with van der Waals surface area (Å²) in [6.07, 6.45) is 0. The average molecular weight is 274 g/mol. The number of benzene rings is 2. The fraction of sp³-hybridized carbons (Fsp3) is 0. The normalized spacial score (nSPS) is 10.4. The van der Waals surface area contributed by atoms with Crippen LogP contribution < -0.4 is 55.6 Å². The molecule has 0 aromatic heterocycles. The number of hydrogen-bond acceptors (Lipinski definition) is 3. The van der Waals surface area contributed by atoms with Crippen LogP contribution in [0, 0.1) is 0 Å². The third kappa shape index (κ3) is 4.20. The van der Waals surface area contributed by atoms with Crippen molar-refractivity contribution in [2.24, 2.45) is 0 Å². The Labute approximate surface area is 145 Å². The smallest absolute Gasteiger partial charge is 1.00 e. The monoisotopic (exact) mass is 274 g/mol. The van der Waals surface area contributed by atoms with Crippen LogP contribution in [0.3, 0.4) is 0 Å². The summed E-state index contributed by atoms with van der Waals surface area (Å²) in [6, 6.07) is 16.5. The van der Waals surface area contributed by atoms with Crippen molar-refractivity contribution in [2.75, 3.05) is 0 Å². The molecule has 17 heavy (non-hydrogen) atoms. The van der Waals surface area contributed by atoms with Crippen molar-refractivity contribution in [3.63, 3.8) is 0 Å². The van der Waals surface area contributed by atoms with Crippen LogP contribution in [-0.4, -0.2) is 8.42 Å². The molecule has 2 aromatic rings. The third-order valence-corrected chi connectivity index (χ3v) is 3.24. The Morgan fingerprint density at radius 3 is 1.82 bits per heavy atom. The van der Waals surface area contributed by atoms with E-state index in [0.29, 0.717) is 5.75 Å². The van der Waals surface area contributed by atoms with Crippen LogP contribution in [0.4, 0.5) is 0 Å². The Kier molecular flexibility index (Phi) is 5.85. The third-order valence-electron chi connectivity index (χ3n) is 1.98. The van der Waals surface area contributed by atoms with Crippen molar-refractivity contribution in [3.05, 3.63) is 60.7 Å². The Balaban J connectivity index is 0.00000144. The SMILES string of the molecule is O=S(=O)(Oc1ccccc1)c1ccccc1.[H-].[K+]. The molecular formula is C12H11KO3S. The Hall–Kier alpha value is -0.174. The van der Waals surface area contributed by atoms with E-state index in [9.17, 15) is 8.42 Å². The molecule has 2 aromatic carbocycles. The van der Waals surface area contributed by atoms with Gasteiger partial charge in [0.2, 0.25) is 0 Å². The molecule has 0 fully saturated rings. The fourth-order valence-corrected chi connectivity index (χ4v) is 2.19. The van der Waals surface area contributed by atoms with Gasteiger partial charge < -0.3 is 5.61 Å². The van der Waals surface area contributed by atoms with E-state index in [-0.39, 0.29) is 57.7 Å². The van der Waals surface area contributed by atoms with Crippen LogP contribution in [0.25, 0.3) is 0 Å². The Bertz CT molecular complexity index is 558. The molecule has 5 heteroatoms. The van der Waals surface area contributed by atoms with Gasteiger partial charge in [-0.3, -0.25) is 0 Å². The van der Waals surface area contributed by atoms with Gasteiger partial charge in [0.25, 0.3) is 0 Å². The van der Waals surface area contributed by atoms with Crippen LogP contribution in [0.1, 0.15) is 1.43 Å². The van der Waals surface area contributed by atoms with Crippen LogP contribution in [0.2, 0.25) is 0 Å². The largest absolute Gasteiger partial charge is 1.00 e. The summed E-state index contributed by atoms with van der Waals surface area (Å²) in [5.74, 6) is 0.311. The summed E-state index contributed by atoms with van der Waals surface area (Å²) in [7, 11) is -3.71. The van der Waals surface area contributed by atoms with Crippen LogP contribution >= 0.6 is 0 Å². The van der Waals surface area contributed by atoms with Gasteiger partial charge in [-0.25, -0.2) is 0 Å². The van der Waals surface area contributed by atoms with Gasteiger partial charge in [0, 0.05) is 0 Å². The molecule has 0 saturated heterocycles. The van der Waals surface area contributed by atoms with E-state index in [1.165, 1.54) is 12.1 Å². The van der Waals surface area contributed by atoms with Crippen LogP contribution in [-0.2, 0) is 10.1 Å². The first-order valence-corrected chi connectivity index (χ1v) is 6.14. The quantitative estimate of drug-likeness (QED) is 0.563. The van der Waals surface area contributed by atoms with Gasteiger partial charge in [0.15, 0.2) is 0 Å². The molecular weight excluding hydrogens is 263 g/mol. The maximum Gasteiger partial charge on any atom is 1.00 e. The predicted molar refractivity (Wildman–Crippen MR) is 61.8 cm³/mol. The number of para-hydroxylation sites is 1. The maximum atomic E-state index is 11.8. The molecule has 0 atom stereocenters. The average Bonchev–Trinajstić information content (AvgIpc) is 2.31. The van der Waals surface area contributed by atoms with Gasteiger partial charge in [-0.15, -0.1) is 0 Å². The summed E-state index contributed by atoms with van der Waals surface area (Å²) in [5.41, 5.74) is 0. The number of hydrogen-bond donors (Lipinski definition) is 0. The van der Waals surface area contributed by atoms with Crippen LogP contribution in [0.15, 0.2) is 65.6 Å². The number of rotatable bonds is 3. The second-order valence-electron chi connectivity index (χ2n) is 3.16. The molecule has 0 heterocycles. The molecule has 0 bridgehead atoms. The standard InChI is InChI=1S/C12H10O3S.K.H/c13-16(14,12-9-5-2-6-10-12)15-11-7-3-1-4-8-11;;/h1-10H;;/q;+1;-1. The maximum absolute atomic E-state index is 11.8. The second-order valence-corrected chi connectivity index (χ2v) is 4.71.